The fourth-order valence-electron chi connectivity index (χ4n) is 4.42. The van der Waals surface area contributed by atoms with Crippen LogP contribution in [0.1, 0.15) is 41.6 Å². The minimum atomic E-state index is -4.09. The highest BCUT2D eigenvalue weighted by molar-refractivity contribution is 8.03. The number of methoxy groups -OCH3 is 1. The Kier molecular flexibility index (Phi) is 11.2. The number of hydrogen-bond donors (Lipinski definition) is 2. The summed E-state index contributed by atoms with van der Waals surface area (Å²) in [5.74, 6) is -0.798. The molecule has 2 N–H and O–H groups in total. The van der Waals surface area contributed by atoms with Crippen LogP contribution in [0.5, 0.6) is 0 Å². The summed E-state index contributed by atoms with van der Waals surface area (Å²) in [5, 5.41) is 2.37. The predicted molar refractivity (Wildman–Crippen MR) is 167 cm³/mol. The monoisotopic (exact) mass is 673 g/mol. The van der Waals surface area contributed by atoms with E-state index in [9.17, 15) is 22.0 Å². The number of thiazole rings is 1. The predicted octanol–water partition coefficient (Wildman–Crippen LogP) is 5.70. The van der Waals surface area contributed by atoms with Crippen LogP contribution in [0.15, 0.2) is 58.0 Å². The van der Waals surface area contributed by atoms with Gasteiger partial charge < -0.3 is 9.64 Å². The standard InChI is InChI=1S/C27H29ClN2O8S4/c1-3-18(15-26-30(11-5-13-42(34,35)36)22-17-20(28)7-9-24(22)40-26)14-25-29(10-4-12-38-41(32)33)21-16-19(27(31)37-2)6-8-23(21)39-25/h6-9,14-17H,3-5,10-13H2,1-2H3,(H-,32,33,34,35,36)/p+1. The van der Waals surface area contributed by atoms with Gasteiger partial charge in [-0.05, 0) is 54.8 Å². The number of fused-ring (bicyclic) bond motifs is 2. The smallest absolute Gasteiger partial charge is 0.338 e. The van der Waals surface area contributed by atoms with Gasteiger partial charge in [-0.15, -0.1) is 0 Å². The second kappa shape index (κ2) is 14.4. The molecule has 0 amide bonds. The zero-order valence-electron chi connectivity index (χ0n) is 22.8. The topological polar surface area (TPSA) is 134 Å². The van der Waals surface area contributed by atoms with Gasteiger partial charge in [-0.25, -0.2) is 4.79 Å². The number of hydrogen-bond acceptors (Lipinski definition) is 9. The SMILES string of the molecule is CCC(=Cc1sc2ccc(C(=O)OC)cc2[n+]1CCCOS(=O)O)C=C1Sc2ccc(Cl)cc2N1CCCS(=O)(=O)O. The maximum absolute atomic E-state index is 12.2. The van der Waals surface area contributed by atoms with E-state index in [0.29, 0.717) is 36.5 Å². The van der Waals surface area contributed by atoms with Crippen LogP contribution in [0.4, 0.5) is 5.69 Å². The molecule has 0 aliphatic carbocycles. The quantitative estimate of drug-likeness (QED) is 0.0765. The summed E-state index contributed by atoms with van der Waals surface area (Å²) in [6.45, 7) is 2.95. The number of esters is 1. The highest BCUT2D eigenvalue weighted by Gasteiger charge is 2.27. The zero-order chi connectivity index (χ0) is 30.4. The van der Waals surface area contributed by atoms with Crippen LogP contribution in [0.3, 0.4) is 0 Å². The highest BCUT2D eigenvalue weighted by Crippen LogP contribution is 2.47. The van der Waals surface area contributed by atoms with E-state index in [1.165, 1.54) is 7.11 Å². The van der Waals surface area contributed by atoms with Crippen LogP contribution < -0.4 is 9.47 Å². The first-order valence-corrected chi connectivity index (χ1v) is 17.6. The van der Waals surface area contributed by atoms with Crippen molar-refractivity contribution in [2.45, 2.75) is 37.6 Å². The molecule has 226 valence electrons. The molecule has 3 aromatic rings. The van der Waals surface area contributed by atoms with Crippen LogP contribution in [0.25, 0.3) is 16.3 Å². The average Bonchev–Trinajstić information content (AvgIpc) is 3.45. The molecule has 15 heteroatoms. The first kappa shape index (κ1) is 32.6. The molecule has 2 aromatic carbocycles. The number of allylic oxidation sites excluding steroid dienone is 2. The number of anilines is 1. The maximum atomic E-state index is 12.2. The molecule has 1 aliphatic rings. The number of carbonyl (C=O) groups excluding carboxylic acids is 1. The largest absolute Gasteiger partial charge is 0.465 e. The summed E-state index contributed by atoms with van der Waals surface area (Å²) in [6, 6.07) is 10.9. The number of carbonyl (C=O) groups is 1. The van der Waals surface area contributed by atoms with Gasteiger partial charge >= 0.3 is 17.3 Å². The summed E-state index contributed by atoms with van der Waals surface area (Å²) >= 11 is 7.03. The molecule has 0 fully saturated rings. The lowest BCUT2D eigenvalue weighted by Crippen LogP contribution is -2.36. The van der Waals surface area contributed by atoms with Gasteiger partial charge in [0.15, 0.2) is 6.54 Å². The summed E-state index contributed by atoms with van der Waals surface area (Å²) in [7, 11) is -2.76. The van der Waals surface area contributed by atoms with E-state index in [1.807, 2.05) is 40.7 Å². The summed E-state index contributed by atoms with van der Waals surface area (Å²) in [6.07, 6.45) is 5.50. The molecule has 2 heterocycles. The summed E-state index contributed by atoms with van der Waals surface area (Å²) in [5.41, 5.74) is 3.11. The van der Waals surface area contributed by atoms with Crippen LogP contribution in [0.2, 0.25) is 5.02 Å². The molecule has 0 radical (unpaired) electrons. The molecular formula is C27H30ClN2O8S4+. The molecule has 4 rings (SSSR count). The third-order valence-electron chi connectivity index (χ3n) is 6.36. The van der Waals surface area contributed by atoms with E-state index in [2.05, 4.69) is 12.2 Å². The van der Waals surface area contributed by atoms with Gasteiger partial charge in [-0.2, -0.15) is 17.2 Å². The summed E-state index contributed by atoms with van der Waals surface area (Å²) < 4.78 is 64.5. The number of nitrogens with zero attached hydrogens (tertiary/aromatic N) is 2. The molecule has 0 saturated carbocycles. The molecule has 10 nitrogen and oxygen atoms in total. The van der Waals surface area contributed by atoms with Gasteiger partial charge in [-0.1, -0.05) is 41.6 Å². The molecule has 42 heavy (non-hydrogen) atoms. The molecule has 1 atom stereocenters. The minimum Gasteiger partial charge on any atom is -0.465 e. The first-order valence-electron chi connectivity index (χ1n) is 12.9. The number of aryl methyl sites for hydroxylation is 1. The summed E-state index contributed by atoms with van der Waals surface area (Å²) in [4.78, 5) is 15.2. The lowest BCUT2D eigenvalue weighted by molar-refractivity contribution is -0.669. The van der Waals surface area contributed by atoms with E-state index in [1.54, 1.807) is 35.2 Å². The van der Waals surface area contributed by atoms with Crippen LogP contribution >= 0.6 is 34.7 Å². The third-order valence-corrected chi connectivity index (χ3v) is 10.00. The second-order valence-corrected chi connectivity index (χ2v) is 14.0. The van der Waals surface area contributed by atoms with Crippen LogP contribution in [-0.2, 0) is 36.9 Å². The Morgan fingerprint density at radius 2 is 2.00 bits per heavy atom. The Morgan fingerprint density at radius 3 is 2.69 bits per heavy atom. The van der Waals surface area contributed by atoms with E-state index >= 15 is 0 Å². The van der Waals surface area contributed by atoms with E-state index in [-0.39, 0.29) is 18.8 Å². The fourth-order valence-corrected chi connectivity index (χ4v) is 7.63. The van der Waals surface area contributed by atoms with Gasteiger partial charge in [0.05, 0.1) is 35.7 Å². The lowest BCUT2D eigenvalue weighted by atomic mass is 10.1. The van der Waals surface area contributed by atoms with Crippen molar-refractivity contribution in [1.82, 2.24) is 0 Å². The number of halogens is 1. The van der Waals surface area contributed by atoms with E-state index in [4.69, 9.17) is 25.1 Å². The Morgan fingerprint density at radius 1 is 1.21 bits per heavy atom. The molecule has 0 saturated heterocycles. The van der Waals surface area contributed by atoms with Crippen molar-refractivity contribution in [1.29, 1.82) is 0 Å². The van der Waals surface area contributed by atoms with Crippen molar-refractivity contribution in [3.05, 3.63) is 68.7 Å². The van der Waals surface area contributed by atoms with Gasteiger partial charge in [0.2, 0.25) is 5.52 Å². The van der Waals surface area contributed by atoms with Crippen LogP contribution in [-0.4, -0.2) is 53.7 Å². The molecule has 0 bridgehead atoms. The van der Waals surface area contributed by atoms with E-state index in [0.717, 1.165) is 36.4 Å². The number of ether oxygens (including phenoxy) is 1. The van der Waals surface area contributed by atoms with Crippen molar-refractivity contribution in [2.75, 3.05) is 30.9 Å². The van der Waals surface area contributed by atoms with Crippen molar-refractivity contribution in [2.24, 2.45) is 0 Å². The van der Waals surface area contributed by atoms with E-state index < -0.39 is 27.4 Å². The van der Waals surface area contributed by atoms with Gasteiger partial charge in [-0.3, -0.25) is 13.3 Å². The van der Waals surface area contributed by atoms with Crippen molar-refractivity contribution in [3.8, 4) is 0 Å². The molecule has 1 aliphatic heterocycles. The van der Waals surface area contributed by atoms with Gasteiger partial charge in [0.25, 0.3) is 15.1 Å². The Balaban J connectivity index is 1.72. The van der Waals surface area contributed by atoms with Gasteiger partial charge in [0, 0.05) is 35.0 Å². The minimum absolute atomic E-state index is 0.0773. The molecular weight excluding hydrogens is 644 g/mol. The van der Waals surface area contributed by atoms with Gasteiger partial charge in [0.1, 0.15) is 4.70 Å². The first-order chi connectivity index (χ1) is 20.0. The number of thioether (sulfide) groups is 1. The van der Waals surface area contributed by atoms with Crippen molar-refractivity contribution in [3.63, 3.8) is 0 Å². The Hall–Kier alpha value is -2.30. The number of rotatable bonds is 13. The molecule has 1 aromatic heterocycles. The normalized spacial score (nSPS) is 15.4. The average molecular weight is 674 g/mol. The van der Waals surface area contributed by atoms with Crippen LogP contribution in [0, 0.1) is 0 Å². The molecule has 0 spiro atoms. The zero-order valence-corrected chi connectivity index (χ0v) is 26.8. The number of aromatic nitrogens is 1. The molecule has 1 unspecified atom stereocenters. The Bertz CT molecular complexity index is 1670. The highest BCUT2D eigenvalue weighted by atomic mass is 35.5. The van der Waals surface area contributed by atoms with Crippen molar-refractivity contribution < 1.29 is 40.0 Å². The lowest BCUT2D eigenvalue weighted by Gasteiger charge is -2.20. The van der Waals surface area contributed by atoms with Crippen molar-refractivity contribution >= 4 is 84.1 Å². The number of benzene rings is 2. The maximum Gasteiger partial charge on any atom is 0.338 e. The Labute approximate surface area is 260 Å². The fraction of sp³-hybridized carbons (Fsp3) is 0.333. The second-order valence-electron chi connectivity index (χ2n) is 9.22. The third kappa shape index (κ3) is 8.41.